The van der Waals surface area contributed by atoms with Crippen molar-refractivity contribution >= 4 is 10.0 Å². The number of sulfonamides is 1. The van der Waals surface area contributed by atoms with Gasteiger partial charge >= 0.3 is 0 Å². The summed E-state index contributed by atoms with van der Waals surface area (Å²) in [5.74, 6) is 0. The number of likely N-dealkylation sites (N-methyl/N-ethyl adjacent to an activating group) is 1. The molecule has 0 aliphatic carbocycles. The second kappa shape index (κ2) is 5.67. The molecule has 0 bridgehead atoms. The fraction of sp³-hybridized carbons (Fsp3) is 0.429. The molecule has 0 amide bonds. The van der Waals surface area contributed by atoms with Gasteiger partial charge in [0.25, 0.3) is 0 Å². The molecule has 0 saturated heterocycles. The molecule has 0 radical (unpaired) electrons. The number of benzene rings is 1. The van der Waals surface area contributed by atoms with Gasteiger partial charge in [0.05, 0.1) is 4.90 Å². The maximum absolute atomic E-state index is 12.6. The maximum Gasteiger partial charge on any atom is 0.243 e. The number of hydrogen-bond donors (Lipinski definition) is 0. The summed E-state index contributed by atoms with van der Waals surface area (Å²) >= 11 is 0. The van der Waals surface area contributed by atoms with Gasteiger partial charge in [-0.1, -0.05) is 31.2 Å². The molecule has 0 aliphatic heterocycles. The lowest BCUT2D eigenvalue weighted by molar-refractivity contribution is 0.452. The second-order valence-electron chi connectivity index (χ2n) is 4.66. The first-order valence-electron chi connectivity index (χ1n) is 6.00. The molecule has 0 saturated carbocycles. The highest BCUT2D eigenvalue weighted by Crippen LogP contribution is 2.21. The fourth-order valence-electron chi connectivity index (χ4n) is 1.79. The Morgan fingerprint density at radius 3 is 2.44 bits per heavy atom. The first-order chi connectivity index (χ1) is 8.28. The van der Waals surface area contributed by atoms with Crippen LogP contribution < -0.4 is 0 Å². The van der Waals surface area contributed by atoms with Crippen molar-refractivity contribution in [3.8, 4) is 0 Å². The van der Waals surface area contributed by atoms with E-state index in [1.165, 1.54) is 4.31 Å². The quantitative estimate of drug-likeness (QED) is 0.769. The van der Waals surface area contributed by atoms with Crippen LogP contribution in [0.2, 0.25) is 0 Å². The molecule has 0 fully saturated rings. The minimum atomic E-state index is -3.43. The maximum atomic E-state index is 12.6. The Morgan fingerprint density at radius 1 is 1.33 bits per heavy atom. The van der Waals surface area contributed by atoms with Crippen molar-refractivity contribution in [2.45, 2.75) is 32.6 Å². The number of aryl methyl sites for hydroxylation is 2. The van der Waals surface area contributed by atoms with E-state index in [0.717, 1.165) is 16.7 Å². The van der Waals surface area contributed by atoms with Crippen molar-refractivity contribution in [2.75, 3.05) is 13.1 Å². The van der Waals surface area contributed by atoms with Gasteiger partial charge in [0, 0.05) is 13.1 Å². The van der Waals surface area contributed by atoms with Crippen molar-refractivity contribution in [3.05, 3.63) is 41.5 Å². The van der Waals surface area contributed by atoms with Gasteiger partial charge in [0.2, 0.25) is 10.0 Å². The van der Waals surface area contributed by atoms with Crippen LogP contribution in [0.3, 0.4) is 0 Å². The van der Waals surface area contributed by atoms with Crippen LogP contribution in [0, 0.1) is 13.8 Å². The first-order valence-corrected chi connectivity index (χ1v) is 7.44. The average molecular weight is 267 g/mol. The van der Waals surface area contributed by atoms with Crippen LogP contribution >= 0.6 is 0 Å². The van der Waals surface area contributed by atoms with Gasteiger partial charge in [0.1, 0.15) is 0 Å². The zero-order chi connectivity index (χ0) is 13.9. The third-order valence-corrected chi connectivity index (χ3v) is 4.82. The summed E-state index contributed by atoms with van der Waals surface area (Å²) in [6, 6.07) is 5.49. The summed E-state index contributed by atoms with van der Waals surface area (Å²) in [6.07, 6.45) is 0. The van der Waals surface area contributed by atoms with E-state index in [2.05, 4.69) is 6.58 Å². The Kier molecular flexibility index (Phi) is 4.71. The smallest absolute Gasteiger partial charge is 0.207 e. The van der Waals surface area contributed by atoms with Crippen LogP contribution in [0.15, 0.2) is 35.2 Å². The molecule has 1 rings (SSSR count). The Labute approximate surface area is 110 Å². The van der Waals surface area contributed by atoms with Crippen LogP contribution in [0.5, 0.6) is 0 Å². The number of nitrogens with zero attached hydrogens (tertiary/aromatic N) is 1. The molecule has 3 nitrogen and oxygen atoms in total. The topological polar surface area (TPSA) is 37.4 Å². The molecule has 100 valence electrons. The summed E-state index contributed by atoms with van der Waals surface area (Å²) in [5.41, 5.74) is 2.57. The van der Waals surface area contributed by atoms with Gasteiger partial charge in [0.15, 0.2) is 0 Å². The van der Waals surface area contributed by atoms with Crippen LogP contribution in [-0.4, -0.2) is 25.8 Å². The number of rotatable bonds is 5. The predicted molar refractivity (Wildman–Crippen MR) is 75.2 cm³/mol. The van der Waals surface area contributed by atoms with E-state index < -0.39 is 10.0 Å². The Bertz CT molecular complexity index is 547. The van der Waals surface area contributed by atoms with E-state index in [1.807, 2.05) is 39.8 Å². The van der Waals surface area contributed by atoms with Gasteiger partial charge in [-0.15, -0.1) is 0 Å². The average Bonchev–Trinajstić information content (AvgIpc) is 2.28. The molecule has 0 N–H and O–H groups in total. The zero-order valence-corrected chi connectivity index (χ0v) is 12.3. The molecule has 0 aliphatic rings. The minimum absolute atomic E-state index is 0.367. The lowest BCUT2D eigenvalue weighted by Gasteiger charge is -2.21. The monoisotopic (exact) mass is 267 g/mol. The predicted octanol–water partition coefficient (Wildman–Crippen LogP) is 2.89. The molecule has 0 unspecified atom stereocenters. The van der Waals surface area contributed by atoms with E-state index in [-0.39, 0.29) is 0 Å². The van der Waals surface area contributed by atoms with E-state index >= 15 is 0 Å². The van der Waals surface area contributed by atoms with Crippen molar-refractivity contribution in [1.29, 1.82) is 0 Å². The lowest BCUT2D eigenvalue weighted by atomic mass is 10.2. The summed E-state index contributed by atoms with van der Waals surface area (Å²) in [4.78, 5) is 0.394. The van der Waals surface area contributed by atoms with Gasteiger partial charge in [-0.3, -0.25) is 0 Å². The fourth-order valence-corrected chi connectivity index (χ4v) is 3.61. The molecule has 0 heterocycles. The first kappa shape index (κ1) is 14.9. The van der Waals surface area contributed by atoms with Crippen LogP contribution in [-0.2, 0) is 10.0 Å². The third kappa shape index (κ3) is 3.21. The van der Waals surface area contributed by atoms with Crippen LogP contribution in [0.1, 0.15) is 25.0 Å². The van der Waals surface area contributed by atoms with E-state index in [4.69, 9.17) is 0 Å². The second-order valence-corrected chi connectivity index (χ2v) is 6.56. The molecule has 1 aromatic rings. The van der Waals surface area contributed by atoms with Gasteiger partial charge in [-0.25, -0.2) is 8.42 Å². The van der Waals surface area contributed by atoms with E-state index in [9.17, 15) is 8.42 Å². The highest BCUT2D eigenvalue weighted by Gasteiger charge is 2.24. The minimum Gasteiger partial charge on any atom is -0.207 e. The Morgan fingerprint density at radius 2 is 1.94 bits per heavy atom. The Hall–Kier alpha value is -1.13. The van der Waals surface area contributed by atoms with E-state index in [0.29, 0.717) is 18.0 Å². The Balaban J connectivity index is 3.26. The normalized spacial score (nSPS) is 11.8. The molecular weight excluding hydrogens is 246 g/mol. The molecule has 0 aromatic heterocycles. The van der Waals surface area contributed by atoms with Gasteiger partial charge in [-0.2, -0.15) is 4.31 Å². The summed E-state index contributed by atoms with van der Waals surface area (Å²) in [7, 11) is -3.43. The van der Waals surface area contributed by atoms with Crippen molar-refractivity contribution in [1.82, 2.24) is 4.31 Å². The zero-order valence-electron chi connectivity index (χ0n) is 11.5. The standard InChI is InChI=1S/C14H21NO2S/c1-6-15(10-11(2)3)18(16,17)14-9-12(4)7-8-13(14)5/h7-9H,2,6,10H2,1,3-5H3. The highest BCUT2D eigenvalue weighted by molar-refractivity contribution is 7.89. The molecule has 0 atom stereocenters. The van der Waals surface area contributed by atoms with Gasteiger partial charge < -0.3 is 0 Å². The summed E-state index contributed by atoms with van der Waals surface area (Å²) in [6.45, 7) is 12.0. The highest BCUT2D eigenvalue weighted by atomic mass is 32.2. The molecule has 0 spiro atoms. The molecule has 18 heavy (non-hydrogen) atoms. The van der Waals surface area contributed by atoms with E-state index in [1.54, 1.807) is 6.07 Å². The van der Waals surface area contributed by atoms with Crippen LogP contribution in [0.4, 0.5) is 0 Å². The SMILES string of the molecule is C=C(C)CN(CC)S(=O)(=O)c1cc(C)ccc1C. The summed E-state index contributed by atoms with van der Waals surface area (Å²) in [5, 5.41) is 0. The molecular formula is C14H21NO2S. The van der Waals surface area contributed by atoms with Crippen LogP contribution in [0.25, 0.3) is 0 Å². The van der Waals surface area contributed by atoms with Gasteiger partial charge in [-0.05, 0) is 38.0 Å². The van der Waals surface area contributed by atoms with Crippen molar-refractivity contribution < 1.29 is 8.42 Å². The largest absolute Gasteiger partial charge is 0.243 e. The van der Waals surface area contributed by atoms with Crippen molar-refractivity contribution in [3.63, 3.8) is 0 Å². The number of hydrogen-bond acceptors (Lipinski definition) is 2. The molecule has 4 heteroatoms. The lowest BCUT2D eigenvalue weighted by Crippen LogP contribution is -2.32. The third-order valence-electron chi connectivity index (χ3n) is 2.76. The molecule has 1 aromatic carbocycles. The summed E-state index contributed by atoms with van der Waals surface area (Å²) < 4.78 is 26.6. The van der Waals surface area contributed by atoms with Crippen molar-refractivity contribution in [2.24, 2.45) is 0 Å².